The lowest BCUT2D eigenvalue weighted by atomic mass is 10.1. The second-order valence-corrected chi connectivity index (χ2v) is 5.97. The molecule has 0 aliphatic rings. The number of benzene rings is 2. The molecule has 3 nitrogen and oxygen atoms in total. The summed E-state index contributed by atoms with van der Waals surface area (Å²) in [6.45, 7) is 2.09. The van der Waals surface area contributed by atoms with Crippen LogP contribution in [0.3, 0.4) is 0 Å². The maximum atomic E-state index is 11.7. The number of aryl methyl sites for hydroxylation is 1. The van der Waals surface area contributed by atoms with Gasteiger partial charge in [0, 0.05) is 10.6 Å². The number of carbonyl (C=O) groups excluding carboxylic acids is 1. The average molecular weight is 316 g/mol. The van der Waals surface area contributed by atoms with Gasteiger partial charge < -0.3 is 9.84 Å². The smallest absolute Gasteiger partial charge is 0.338 e. The van der Waals surface area contributed by atoms with Crippen molar-refractivity contribution < 1.29 is 14.6 Å². The standard InChI is InChI=1S/C18H20O3S/c1-3-13-7-6-8-14(11-13)16(19)12-22-17-10-5-4-9-15(17)18(20)21-2/h4-11,16,19H,3,12H2,1-2H3. The number of ether oxygens (including phenoxy) is 1. The second-order valence-electron chi connectivity index (χ2n) is 4.91. The zero-order valence-corrected chi connectivity index (χ0v) is 13.6. The molecule has 2 aromatic rings. The monoisotopic (exact) mass is 316 g/mol. The summed E-state index contributed by atoms with van der Waals surface area (Å²) >= 11 is 1.46. The molecule has 0 saturated heterocycles. The molecule has 0 aliphatic heterocycles. The molecule has 1 atom stereocenters. The number of esters is 1. The summed E-state index contributed by atoms with van der Waals surface area (Å²) in [5.41, 5.74) is 2.64. The first-order valence-corrected chi connectivity index (χ1v) is 8.21. The van der Waals surface area contributed by atoms with Crippen molar-refractivity contribution in [1.82, 2.24) is 0 Å². The Bertz CT molecular complexity index is 640. The lowest BCUT2D eigenvalue weighted by molar-refractivity contribution is 0.0596. The SMILES string of the molecule is CCc1cccc(C(O)CSc2ccccc2C(=O)OC)c1. The number of methoxy groups -OCH3 is 1. The summed E-state index contributed by atoms with van der Waals surface area (Å²) < 4.78 is 4.78. The Morgan fingerprint density at radius 3 is 2.73 bits per heavy atom. The van der Waals surface area contributed by atoms with E-state index in [0.717, 1.165) is 16.9 Å². The first kappa shape index (κ1) is 16.6. The molecule has 0 radical (unpaired) electrons. The molecule has 0 fully saturated rings. The molecular weight excluding hydrogens is 296 g/mol. The molecule has 22 heavy (non-hydrogen) atoms. The van der Waals surface area contributed by atoms with Crippen LogP contribution in [0.15, 0.2) is 53.4 Å². The molecule has 0 aromatic heterocycles. The van der Waals surface area contributed by atoms with E-state index in [1.807, 2.05) is 30.3 Å². The van der Waals surface area contributed by atoms with Gasteiger partial charge in [0.25, 0.3) is 0 Å². The lowest BCUT2D eigenvalue weighted by Crippen LogP contribution is -2.05. The van der Waals surface area contributed by atoms with Crippen molar-refractivity contribution in [3.8, 4) is 0 Å². The van der Waals surface area contributed by atoms with Crippen LogP contribution in [0.1, 0.15) is 34.5 Å². The molecule has 4 heteroatoms. The van der Waals surface area contributed by atoms with Gasteiger partial charge >= 0.3 is 5.97 Å². The van der Waals surface area contributed by atoms with Crippen molar-refractivity contribution >= 4 is 17.7 Å². The highest BCUT2D eigenvalue weighted by atomic mass is 32.2. The minimum Gasteiger partial charge on any atom is -0.465 e. The van der Waals surface area contributed by atoms with E-state index in [-0.39, 0.29) is 5.97 Å². The predicted molar refractivity (Wildman–Crippen MR) is 89.3 cm³/mol. The summed E-state index contributed by atoms with van der Waals surface area (Å²) in [6.07, 6.45) is 0.376. The van der Waals surface area contributed by atoms with E-state index in [1.165, 1.54) is 24.4 Å². The van der Waals surface area contributed by atoms with Crippen molar-refractivity contribution in [2.45, 2.75) is 24.3 Å². The average Bonchev–Trinajstić information content (AvgIpc) is 2.59. The fraction of sp³-hybridized carbons (Fsp3) is 0.278. The zero-order chi connectivity index (χ0) is 15.9. The van der Waals surface area contributed by atoms with Crippen LogP contribution < -0.4 is 0 Å². The van der Waals surface area contributed by atoms with Gasteiger partial charge in [0.2, 0.25) is 0 Å². The molecule has 0 heterocycles. The number of thioether (sulfide) groups is 1. The van der Waals surface area contributed by atoms with E-state index < -0.39 is 6.10 Å². The van der Waals surface area contributed by atoms with E-state index in [9.17, 15) is 9.90 Å². The Kier molecular flexibility index (Phi) is 6.04. The molecule has 0 spiro atoms. The molecular formula is C18H20O3S. The van der Waals surface area contributed by atoms with E-state index in [2.05, 4.69) is 13.0 Å². The third-order valence-electron chi connectivity index (χ3n) is 3.43. The third-order valence-corrected chi connectivity index (χ3v) is 4.58. The molecule has 2 rings (SSSR count). The molecule has 0 bridgehead atoms. The topological polar surface area (TPSA) is 46.5 Å². The molecule has 116 valence electrons. The van der Waals surface area contributed by atoms with E-state index >= 15 is 0 Å². The highest BCUT2D eigenvalue weighted by molar-refractivity contribution is 7.99. The van der Waals surface area contributed by atoms with Crippen LogP contribution in [0.2, 0.25) is 0 Å². The Morgan fingerprint density at radius 2 is 2.00 bits per heavy atom. The summed E-state index contributed by atoms with van der Waals surface area (Å²) in [7, 11) is 1.37. The van der Waals surface area contributed by atoms with Gasteiger partial charge in [-0.15, -0.1) is 11.8 Å². The number of hydrogen-bond donors (Lipinski definition) is 1. The van der Waals surface area contributed by atoms with E-state index in [4.69, 9.17) is 4.74 Å². The first-order chi connectivity index (χ1) is 10.7. The van der Waals surface area contributed by atoms with Crippen LogP contribution in [0.25, 0.3) is 0 Å². The summed E-state index contributed by atoms with van der Waals surface area (Å²) in [4.78, 5) is 12.6. The van der Waals surface area contributed by atoms with Gasteiger partial charge in [0.15, 0.2) is 0 Å². The minimum absolute atomic E-state index is 0.356. The van der Waals surface area contributed by atoms with Crippen LogP contribution in [-0.2, 0) is 11.2 Å². The Hall–Kier alpha value is -1.78. The molecule has 2 aromatic carbocycles. The number of rotatable bonds is 6. The highest BCUT2D eigenvalue weighted by Gasteiger charge is 2.14. The van der Waals surface area contributed by atoms with Gasteiger partial charge in [-0.25, -0.2) is 4.79 Å². The van der Waals surface area contributed by atoms with Crippen molar-refractivity contribution in [3.05, 3.63) is 65.2 Å². The third kappa shape index (κ3) is 4.12. The van der Waals surface area contributed by atoms with Gasteiger partial charge in [-0.3, -0.25) is 0 Å². The Labute approximate surface area is 135 Å². The highest BCUT2D eigenvalue weighted by Crippen LogP contribution is 2.28. The van der Waals surface area contributed by atoms with Gasteiger partial charge in [-0.1, -0.05) is 43.3 Å². The molecule has 0 saturated carbocycles. The van der Waals surface area contributed by atoms with Gasteiger partial charge in [0.1, 0.15) is 0 Å². The molecule has 0 amide bonds. The molecule has 1 unspecified atom stereocenters. The predicted octanol–water partition coefficient (Wildman–Crippen LogP) is 3.86. The number of hydrogen-bond acceptors (Lipinski definition) is 4. The largest absolute Gasteiger partial charge is 0.465 e. The first-order valence-electron chi connectivity index (χ1n) is 7.22. The van der Waals surface area contributed by atoms with Crippen molar-refractivity contribution in [1.29, 1.82) is 0 Å². The number of aliphatic hydroxyl groups is 1. The van der Waals surface area contributed by atoms with Crippen molar-refractivity contribution in [2.24, 2.45) is 0 Å². The summed E-state index contributed by atoms with van der Waals surface area (Å²) in [5, 5.41) is 10.4. The minimum atomic E-state index is -0.567. The number of carbonyl (C=O) groups is 1. The van der Waals surface area contributed by atoms with Crippen LogP contribution in [-0.4, -0.2) is 23.9 Å². The molecule has 1 N–H and O–H groups in total. The van der Waals surface area contributed by atoms with Gasteiger partial charge in [0.05, 0.1) is 18.8 Å². The molecule has 0 aliphatic carbocycles. The Morgan fingerprint density at radius 1 is 1.23 bits per heavy atom. The van der Waals surface area contributed by atoms with Crippen LogP contribution in [0, 0.1) is 0 Å². The van der Waals surface area contributed by atoms with Crippen molar-refractivity contribution in [3.63, 3.8) is 0 Å². The van der Waals surface area contributed by atoms with Gasteiger partial charge in [-0.2, -0.15) is 0 Å². The fourth-order valence-electron chi connectivity index (χ4n) is 2.16. The lowest BCUT2D eigenvalue weighted by Gasteiger charge is -2.13. The fourth-order valence-corrected chi connectivity index (χ4v) is 3.17. The second kappa shape index (κ2) is 8.01. The summed E-state index contributed by atoms with van der Waals surface area (Å²) in [5.74, 6) is 0.131. The summed E-state index contributed by atoms with van der Waals surface area (Å²) in [6, 6.07) is 15.2. The van der Waals surface area contributed by atoms with E-state index in [0.29, 0.717) is 11.3 Å². The zero-order valence-electron chi connectivity index (χ0n) is 12.8. The van der Waals surface area contributed by atoms with E-state index in [1.54, 1.807) is 12.1 Å². The normalized spacial score (nSPS) is 12.0. The van der Waals surface area contributed by atoms with Crippen molar-refractivity contribution in [2.75, 3.05) is 12.9 Å². The van der Waals surface area contributed by atoms with Crippen LogP contribution >= 0.6 is 11.8 Å². The number of aliphatic hydroxyl groups excluding tert-OH is 1. The quantitative estimate of drug-likeness (QED) is 0.649. The maximum Gasteiger partial charge on any atom is 0.338 e. The Balaban J connectivity index is 2.08. The van der Waals surface area contributed by atoms with Crippen LogP contribution in [0.5, 0.6) is 0 Å². The maximum absolute atomic E-state index is 11.7. The van der Waals surface area contributed by atoms with Crippen LogP contribution in [0.4, 0.5) is 0 Å². The van der Waals surface area contributed by atoms with Gasteiger partial charge in [-0.05, 0) is 29.7 Å².